The second kappa shape index (κ2) is 65.2. The van der Waals surface area contributed by atoms with Crippen molar-refractivity contribution in [1.82, 2.24) is 0 Å². The molecule has 0 saturated carbocycles. The van der Waals surface area contributed by atoms with E-state index in [0.717, 1.165) is 128 Å². The monoisotopic (exact) mass is 1180 g/mol. The number of quaternary nitrogens is 1. The van der Waals surface area contributed by atoms with E-state index in [-0.39, 0.29) is 38.6 Å². The standard InChI is InChI=1S/C76H125NO8/c1-6-8-10-12-14-16-18-20-22-24-26-28-29-30-31-32-33-34-35-36-37-38-39-40-41-42-43-44-45-47-49-51-53-55-57-59-61-63-65-67-74(79)85-72(71-84-76(75(80)81)82-69-68-77(3,4)5)70-83-73(78)66-64-62-60-58-56-54-52-50-48-46-27-25-23-21-19-17-15-13-11-9-7-2/h8-11,14-17,20-23,26-28,30-31,33-34,36-37,39-40,46,72,76H,6-7,12-13,18-19,24-25,29,32,35,38,41-45,47-71H2,1-5H3/b10-8-,11-9-,16-14-,17-15-,22-20-,23-21-,28-26-,31-30-,34-33-,37-36-,40-39-,46-27-. The van der Waals surface area contributed by atoms with Gasteiger partial charge < -0.3 is 33.3 Å². The van der Waals surface area contributed by atoms with Gasteiger partial charge in [-0.05, 0) is 116 Å². The molecule has 0 saturated heterocycles. The molecule has 0 aliphatic carbocycles. The fourth-order valence-electron chi connectivity index (χ4n) is 8.96. The maximum absolute atomic E-state index is 12.9. The maximum atomic E-state index is 12.9. The van der Waals surface area contributed by atoms with Crippen LogP contribution < -0.4 is 5.11 Å². The number of hydrogen-bond donors (Lipinski definition) is 0. The minimum absolute atomic E-state index is 0.140. The van der Waals surface area contributed by atoms with Crippen LogP contribution in [-0.2, 0) is 33.3 Å². The third-order valence-corrected chi connectivity index (χ3v) is 14.1. The molecule has 0 heterocycles. The normalized spacial score (nSPS) is 13.7. The number of aliphatic carboxylic acids is 1. The van der Waals surface area contributed by atoms with E-state index in [9.17, 15) is 19.5 Å². The number of carboxylic acid groups (broad SMARTS) is 1. The highest BCUT2D eigenvalue weighted by Gasteiger charge is 2.22. The summed E-state index contributed by atoms with van der Waals surface area (Å²) in [4.78, 5) is 37.4. The van der Waals surface area contributed by atoms with Crippen LogP contribution in [0.5, 0.6) is 0 Å². The quantitative estimate of drug-likeness (QED) is 0.0195. The van der Waals surface area contributed by atoms with Crippen LogP contribution in [0.1, 0.15) is 258 Å². The molecular weight excluding hydrogens is 1050 g/mol. The summed E-state index contributed by atoms with van der Waals surface area (Å²) in [6.45, 7) is 4.51. The molecular formula is C76H125NO8. The number of carboxylic acids is 1. The summed E-state index contributed by atoms with van der Waals surface area (Å²) in [7, 11) is 5.92. The minimum Gasteiger partial charge on any atom is -0.545 e. The van der Waals surface area contributed by atoms with E-state index in [4.69, 9.17) is 18.9 Å². The number of carbonyl (C=O) groups is 3. The van der Waals surface area contributed by atoms with Crippen molar-refractivity contribution >= 4 is 17.9 Å². The topological polar surface area (TPSA) is 111 Å². The Morgan fingerprint density at radius 1 is 0.353 bits per heavy atom. The average Bonchev–Trinajstić information content (AvgIpc) is 3.49. The van der Waals surface area contributed by atoms with E-state index in [1.54, 1.807) is 0 Å². The molecule has 9 nitrogen and oxygen atoms in total. The summed E-state index contributed by atoms with van der Waals surface area (Å²) >= 11 is 0. The van der Waals surface area contributed by atoms with Crippen LogP contribution in [0, 0.1) is 0 Å². The van der Waals surface area contributed by atoms with Crippen molar-refractivity contribution in [3.63, 3.8) is 0 Å². The van der Waals surface area contributed by atoms with E-state index in [1.807, 2.05) is 21.1 Å². The molecule has 0 aliphatic heterocycles. The zero-order valence-electron chi connectivity index (χ0n) is 54.9. The fraction of sp³-hybridized carbons (Fsp3) is 0.645. The molecule has 0 fully saturated rings. The lowest BCUT2D eigenvalue weighted by Gasteiger charge is -2.26. The van der Waals surface area contributed by atoms with Crippen LogP contribution in [0.3, 0.4) is 0 Å². The predicted molar refractivity (Wildman–Crippen MR) is 361 cm³/mol. The van der Waals surface area contributed by atoms with Crippen LogP contribution in [0.15, 0.2) is 146 Å². The Bertz CT molecular complexity index is 1900. The Kier molecular flexibility index (Phi) is 61.4. The van der Waals surface area contributed by atoms with Crippen molar-refractivity contribution in [1.29, 1.82) is 0 Å². The van der Waals surface area contributed by atoms with Crippen LogP contribution >= 0.6 is 0 Å². The number of nitrogens with zero attached hydrogens (tertiary/aromatic N) is 1. The molecule has 2 atom stereocenters. The van der Waals surface area contributed by atoms with Crippen LogP contribution in [0.2, 0.25) is 0 Å². The molecule has 2 unspecified atom stereocenters. The molecule has 0 N–H and O–H groups in total. The van der Waals surface area contributed by atoms with E-state index < -0.39 is 24.3 Å². The smallest absolute Gasteiger partial charge is 0.306 e. The van der Waals surface area contributed by atoms with Gasteiger partial charge in [-0.2, -0.15) is 0 Å². The Morgan fingerprint density at radius 3 is 0.941 bits per heavy atom. The molecule has 482 valence electrons. The van der Waals surface area contributed by atoms with Gasteiger partial charge in [0.1, 0.15) is 13.2 Å². The van der Waals surface area contributed by atoms with E-state index in [1.165, 1.54) is 96.3 Å². The average molecular weight is 1180 g/mol. The molecule has 85 heavy (non-hydrogen) atoms. The van der Waals surface area contributed by atoms with Gasteiger partial charge in [-0.1, -0.05) is 275 Å². The number of likely N-dealkylation sites (N-methyl/N-ethyl adjacent to an activating group) is 1. The van der Waals surface area contributed by atoms with Gasteiger partial charge >= 0.3 is 11.9 Å². The Morgan fingerprint density at radius 2 is 0.635 bits per heavy atom. The maximum Gasteiger partial charge on any atom is 0.306 e. The van der Waals surface area contributed by atoms with Gasteiger partial charge in [0.05, 0.1) is 40.3 Å². The number of ether oxygens (including phenoxy) is 4. The fourth-order valence-corrected chi connectivity index (χ4v) is 8.96. The van der Waals surface area contributed by atoms with Gasteiger partial charge in [-0.25, -0.2) is 0 Å². The number of rotatable bonds is 61. The number of hydrogen-bond acceptors (Lipinski definition) is 8. The lowest BCUT2D eigenvalue weighted by atomic mass is 10.0. The first-order valence-corrected chi connectivity index (χ1v) is 34.0. The number of esters is 2. The van der Waals surface area contributed by atoms with Crippen molar-refractivity contribution in [2.24, 2.45) is 0 Å². The Balaban J connectivity index is 4.13. The molecule has 0 rings (SSSR count). The highest BCUT2D eigenvalue weighted by atomic mass is 16.7. The lowest BCUT2D eigenvalue weighted by molar-refractivity contribution is -0.870. The van der Waals surface area contributed by atoms with E-state index in [2.05, 4.69) is 160 Å². The first kappa shape index (κ1) is 80.2. The third-order valence-electron chi connectivity index (χ3n) is 14.1. The summed E-state index contributed by atoms with van der Waals surface area (Å²) in [5.74, 6) is -2.30. The van der Waals surface area contributed by atoms with Crippen LogP contribution in [0.25, 0.3) is 0 Å². The van der Waals surface area contributed by atoms with Crippen molar-refractivity contribution in [3.05, 3.63) is 146 Å². The highest BCUT2D eigenvalue weighted by molar-refractivity contribution is 5.70. The summed E-state index contributed by atoms with van der Waals surface area (Å²) in [6, 6.07) is 0. The van der Waals surface area contributed by atoms with Gasteiger partial charge in [-0.3, -0.25) is 9.59 Å². The van der Waals surface area contributed by atoms with Crippen molar-refractivity contribution in [2.45, 2.75) is 270 Å². The van der Waals surface area contributed by atoms with Crippen molar-refractivity contribution < 1.29 is 42.9 Å². The van der Waals surface area contributed by atoms with Crippen LogP contribution in [-0.4, -0.2) is 82.3 Å². The summed E-state index contributed by atoms with van der Waals surface area (Å²) in [5, 5.41) is 11.8. The molecule has 0 bridgehead atoms. The van der Waals surface area contributed by atoms with Crippen LogP contribution in [0.4, 0.5) is 0 Å². The van der Waals surface area contributed by atoms with Gasteiger partial charge in [-0.15, -0.1) is 0 Å². The second-order valence-electron chi connectivity index (χ2n) is 23.3. The van der Waals surface area contributed by atoms with Crippen molar-refractivity contribution in [3.8, 4) is 0 Å². The minimum atomic E-state index is -1.63. The van der Waals surface area contributed by atoms with Crippen molar-refractivity contribution in [2.75, 3.05) is 47.5 Å². The van der Waals surface area contributed by atoms with E-state index in [0.29, 0.717) is 17.4 Å². The molecule has 0 aliphatic rings. The van der Waals surface area contributed by atoms with Gasteiger partial charge in [0.2, 0.25) is 0 Å². The molecule has 0 radical (unpaired) electrons. The predicted octanol–water partition coefficient (Wildman–Crippen LogP) is 19.8. The SMILES string of the molecule is CC/C=C\C/C=C\C/C=C\C/C=C\C/C=C\C/C=C\C/C=C\C/C=C\CCCCCCCCCCCCCCCCC(=O)OC(COC(=O)CCCCCCCCCC/C=C\C/C=C\C/C=C\C/C=C\CC)COC(OCC[N+](C)(C)C)C(=O)[O-]. The molecule has 0 aromatic rings. The molecule has 0 aromatic carbocycles. The first-order valence-electron chi connectivity index (χ1n) is 34.0. The van der Waals surface area contributed by atoms with Gasteiger partial charge in [0, 0.05) is 12.8 Å². The Hall–Kier alpha value is -4.83. The molecule has 0 aromatic heterocycles. The number of carbonyl (C=O) groups excluding carboxylic acids is 3. The molecule has 0 spiro atoms. The lowest BCUT2D eigenvalue weighted by Crippen LogP contribution is -2.44. The summed E-state index contributed by atoms with van der Waals surface area (Å²) in [5.41, 5.74) is 0. The zero-order chi connectivity index (χ0) is 61.9. The summed E-state index contributed by atoms with van der Waals surface area (Å²) < 4.78 is 22.8. The van der Waals surface area contributed by atoms with Gasteiger partial charge in [0.25, 0.3) is 0 Å². The number of unbranched alkanes of at least 4 members (excludes halogenated alkanes) is 22. The largest absolute Gasteiger partial charge is 0.545 e. The molecule has 0 amide bonds. The number of allylic oxidation sites excluding steroid dienone is 24. The first-order chi connectivity index (χ1) is 41.6. The highest BCUT2D eigenvalue weighted by Crippen LogP contribution is 2.16. The summed E-state index contributed by atoms with van der Waals surface area (Å²) in [6.07, 6.45) is 92.0. The van der Waals surface area contributed by atoms with E-state index >= 15 is 0 Å². The van der Waals surface area contributed by atoms with Gasteiger partial charge in [0.15, 0.2) is 12.4 Å². The molecule has 9 heteroatoms. The second-order valence-corrected chi connectivity index (χ2v) is 23.3. The zero-order valence-corrected chi connectivity index (χ0v) is 54.9. The Labute approximate surface area is 522 Å². The third kappa shape index (κ3) is 66.5.